The zero-order valence-corrected chi connectivity index (χ0v) is 10.0. The van der Waals surface area contributed by atoms with Crippen LogP contribution < -0.4 is 0 Å². The molecule has 1 N–H and O–H groups in total. The normalized spacial score (nSPS) is 10.4. The monoisotopic (exact) mass is 232 g/mol. The lowest BCUT2D eigenvalue weighted by Crippen LogP contribution is -1.87. The minimum absolute atomic E-state index is 0.283. The number of phenols is 1. The summed E-state index contributed by atoms with van der Waals surface area (Å²) >= 11 is 6.20. The van der Waals surface area contributed by atoms with Crippen LogP contribution in [0.2, 0.25) is 5.02 Å². The number of phenolic OH excluding ortho intramolecular Hbond substituents is 1. The molecule has 82 valence electrons. The smallest absolute Gasteiger partial charge is 0.123 e. The van der Waals surface area contributed by atoms with Crippen molar-refractivity contribution in [2.45, 2.75) is 13.8 Å². The van der Waals surface area contributed by atoms with Crippen molar-refractivity contribution < 1.29 is 5.11 Å². The van der Waals surface area contributed by atoms with E-state index in [4.69, 9.17) is 11.6 Å². The maximum atomic E-state index is 9.81. The largest absolute Gasteiger partial charge is 0.507 e. The van der Waals surface area contributed by atoms with Gasteiger partial charge < -0.3 is 5.11 Å². The number of rotatable bonds is 1. The molecule has 2 aromatic rings. The van der Waals surface area contributed by atoms with Gasteiger partial charge in [0.2, 0.25) is 0 Å². The van der Waals surface area contributed by atoms with Gasteiger partial charge in [-0.1, -0.05) is 41.9 Å². The number of halogens is 1. The predicted molar refractivity (Wildman–Crippen MR) is 68.0 cm³/mol. The summed E-state index contributed by atoms with van der Waals surface area (Å²) in [7, 11) is 0. The van der Waals surface area contributed by atoms with Gasteiger partial charge in [0.05, 0.1) is 0 Å². The van der Waals surface area contributed by atoms with Gasteiger partial charge in [0.25, 0.3) is 0 Å². The Morgan fingerprint density at radius 3 is 2.31 bits per heavy atom. The summed E-state index contributed by atoms with van der Waals surface area (Å²) in [5, 5.41) is 10.6. The molecule has 0 aliphatic rings. The summed E-state index contributed by atoms with van der Waals surface area (Å²) in [4.78, 5) is 0. The topological polar surface area (TPSA) is 20.2 Å². The zero-order chi connectivity index (χ0) is 11.7. The van der Waals surface area contributed by atoms with E-state index >= 15 is 0 Å². The van der Waals surface area contributed by atoms with Crippen LogP contribution in [0.15, 0.2) is 36.4 Å². The molecule has 0 unspecified atom stereocenters. The van der Waals surface area contributed by atoms with Gasteiger partial charge in [-0.2, -0.15) is 0 Å². The molecule has 16 heavy (non-hydrogen) atoms. The highest BCUT2D eigenvalue weighted by Crippen LogP contribution is 2.35. The van der Waals surface area contributed by atoms with E-state index in [0.717, 1.165) is 27.3 Å². The number of aromatic hydroxyl groups is 1. The van der Waals surface area contributed by atoms with Gasteiger partial charge in [0.15, 0.2) is 0 Å². The maximum absolute atomic E-state index is 9.81. The van der Waals surface area contributed by atoms with Crippen molar-refractivity contribution in [3.8, 4) is 16.9 Å². The van der Waals surface area contributed by atoms with Gasteiger partial charge in [-0.3, -0.25) is 0 Å². The van der Waals surface area contributed by atoms with Crippen molar-refractivity contribution in [1.29, 1.82) is 0 Å². The highest BCUT2D eigenvalue weighted by Gasteiger charge is 2.09. The molecule has 0 bridgehead atoms. The van der Waals surface area contributed by atoms with Gasteiger partial charge in [-0.25, -0.2) is 0 Å². The average Bonchev–Trinajstić information content (AvgIpc) is 2.28. The fraction of sp³-hybridized carbons (Fsp3) is 0.143. The quantitative estimate of drug-likeness (QED) is 0.776. The molecule has 2 aromatic carbocycles. The molecule has 0 saturated carbocycles. The molecule has 0 spiro atoms. The molecule has 2 rings (SSSR count). The molecule has 0 amide bonds. The van der Waals surface area contributed by atoms with Crippen molar-refractivity contribution in [3.05, 3.63) is 52.5 Å². The molecule has 0 heterocycles. The van der Waals surface area contributed by atoms with E-state index in [2.05, 4.69) is 0 Å². The number of para-hydroxylation sites is 1. The summed E-state index contributed by atoms with van der Waals surface area (Å²) in [6.07, 6.45) is 0. The van der Waals surface area contributed by atoms with Crippen LogP contribution in [0.5, 0.6) is 5.75 Å². The second-order valence-electron chi connectivity index (χ2n) is 3.89. The van der Waals surface area contributed by atoms with Crippen LogP contribution in [-0.4, -0.2) is 5.11 Å². The van der Waals surface area contributed by atoms with E-state index in [1.54, 1.807) is 6.07 Å². The highest BCUT2D eigenvalue weighted by molar-refractivity contribution is 6.32. The van der Waals surface area contributed by atoms with E-state index in [1.807, 2.05) is 44.2 Å². The molecule has 0 atom stereocenters. The molecule has 0 fully saturated rings. The second kappa shape index (κ2) is 4.18. The molecular formula is C14H13ClO. The third-order valence-corrected chi connectivity index (χ3v) is 3.36. The van der Waals surface area contributed by atoms with Crippen molar-refractivity contribution in [3.63, 3.8) is 0 Å². The minimum Gasteiger partial charge on any atom is -0.507 e. The third-order valence-electron chi connectivity index (χ3n) is 2.77. The van der Waals surface area contributed by atoms with Crippen LogP contribution in [0.1, 0.15) is 11.1 Å². The molecule has 0 saturated heterocycles. The first kappa shape index (κ1) is 11.0. The Morgan fingerprint density at radius 1 is 0.938 bits per heavy atom. The number of hydrogen-bond acceptors (Lipinski definition) is 1. The predicted octanol–water partition coefficient (Wildman–Crippen LogP) is 4.33. The molecule has 0 aliphatic carbocycles. The maximum Gasteiger partial charge on any atom is 0.123 e. The van der Waals surface area contributed by atoms with E-state index in [-0.39, 0.29) is 5.75 Å². The van der Waals surface area contributed by atoms with Crippen molar-refractivity contribution in [1.82, 2.24) is 0 Å². The van der Waals surface area contributed by atoms with Gasteiger partial charge in [0, 0.05) is 10.6 Å². The summed E-state index contributed by atoms with van der Waals surface area (Å²) in [5.74, 6) is 0.283. The van der Waals surface area contributed by atoms with Gasteiger partial charge in [0.1, 0.15) is 5.75 Å². The molecule has 0 aliphatic heterocycles. The van der Waals surface area contributed by atoms with Crippen molar-refractivity contribution in [2.24, 2.45) is 0 Å². The third kappa shape index (κ3) is 1.79. The molecule has 0 aromatic heterocycles. The van der Waals surface area contributed by atoms with E-state index in [0.29, 0.717) is 0 Å². The highest BCUT2D eigenvalue weighted by atomic mass is 35.5. The van der Waals surface area contributed by atoms with Crippen molar-refractivity contribution >= 4 is 11.6 Å². The SMILES string of the molecule is Cc1ccc(-c2ccccc2O)c(C)c1Cl. The average molecular weight is 233 g/mol. The molecular weight excluding hydrogens is 220 g/mol. The fourth-order valence-corrected chi connectivity index (χ4v) is 1.98. The van der Waals surface area contributed by atoms with Crippen LogP contribution in [-0.2, 0) is 0 Å². The van der Waals surface area contributed by atoms with Crippen molar-refractivity contribution in [2.75, 3.05) is 0 Å². The first-order chi connectivity index (χ1) is 7.61. The van der Waals surface area contributed by atoms with Crippen LogP contribution in [0.4, 0.5) is 0 Å². The Bertz CT molecular complexity index is 532. The minimum atomic E-state index is 0.283. The van der Waals surface area contributed by atoms with Crippen LogP contribution in [0.3, 0.4) is 0 Å². The number of benzene rings is 2. The van der Waals surface area contributed by atoms with E-state index in [9.17, 15) is 5.11 Å². The summed E-state index contributed by atoms with van der Waals surface area (Å²) < 4.78 is 0. The molecule has 2 heteroatoms. The Labute approximate surface area is 100 Å². The Morgan fingerprint density at radius 2 is 1.62 bits per heavy atom. The number of aryl methyl sites for hydroxylation is 1. The van der Waals surface area contributed by atoms with E-state index < -0.39 is 0 Å². The van der Waals surface area contributed by atoms with Gasteiger partial charge >= 0.3 is 0 Å². The second-order valence-corrected chi connectivity index (χ2v) is 4.26. The lowest BCUT2D eigenvalue weighted by molar-refractivity contribution is 0.477. The zero-order valence-electron chi connectivity index (χ0n) is 9.29. The first-order valence-corrected chi connectivity index (χ1v) is 5.53. The van der Waals surface area contributed by atoms with Gasteiger partial charge in [-0.15, -0.1) is 0 Å². The van der Waals surface area contributed by atoms with Crippen LogP contribution in [0.25, 0.3) is 11.1 Å². The van der Waals surface area contributed by atoms with E-state index in [1.165, 1.54) is 0 Å². The fourth-order valence-electron chi connectivity index (χ4n) is 1.81. The summed E-state index contributed by atoms with van der Waals surface area (Å²) in [6.45, 7) is 3.95. The first-order valence-electron chi connectivity index (χ1n) is 5.15. The lowest BCUT2D eigenvalue weighted by Gasteiger charge is -2.11. The number of hydrogen-bond donors (Lipinski definition) is 1. The summed E-state index contributed by atoms with van der Waals surface area (Å²) in [6, 6.07) is 11.3. The van der Waals surface area contributed by atoms with Crippen LogP contribution >= 0.6 is 11.6 Å². The van der Waals surface area contributed by atoms with Gasteiger partial charge in [-0.05, 0) is 36.6 Å². The van der Waals surface area contributed by atoms with Crippen LogP contribution in [0, 0.1) is 13.8 Å². The molecule has 0 radical (unpaired) electrons. The lowest BCUT2D eigenvalue weighted by atomic mass is 9.98. The Hall–Kier alpha value is -1.47. The Balaban J connectivity index is 2.66. The molecule has 1 nitrogen and oxygen atoms in total. The summed E-state index contributed by atoms with van der Waals surface area (Å²) in [5.41, 5.74) is 3.86. The Kier molecular flexibility index (Phi) is 2.88. The standard InChI is InChI=1S/C14H13ClO/c1-9-7-8-11(10(2)14(9)15)12-5-3-4-6-13(12)16/h3-8,16H,1-2H3.